The first-order chi connectivity index (χ1) is 12.5. The number of carbonyl (C=O) groups is 3. The van der Waals surface area contributed by atoms with Crippen molar-refractivity contribution in [3.05, 3.63) is 59.2 Å². The number of thiazole rings is 1. The van der Waals surface area contributed by atoms with Gasteiger partial charge in [0.1, 0.15) is 0 Å². The van der Waals surface area contributed by atoms with Crippen molar-refractivity contribution in [3.8, 4) is 0 Å². The zero-order valence-corrected chi connectivity index (χ0v) is 14.8. The second kappa shape index (κ2) is 6.34. The average Bonchev–Trinajstić information content (AvgIpc) is 3.12. The summed E-state index contributed by atoms with van der Waals surface area (Å²) in [6.45, 7) is 1.91. The Bertz CT molecular complexity index is 1020. The number of fused-ring (bicyclic) bond motifs is 2. The largest absolute Gasteiger partial charge is 0.302 e. The molecule has 6 nitrogen and oxygen atoms in total. The fourth-order valence-corrected chi connectivity index (χ4v) is 3.81. The van der Waals surface area contributed by atoms with Gasteiger partial charge in [-0.05, 0) is 31.2 Å². The van der Waals surface area contributed by atoms with Gasteiger partial charge in [0, 0.05) is 13.0 Å². The minimum absolute atomic E-state index is 0.0282. The molecule has 26 heavy (non-hydrogen) atoms. The normalized spacial score (nSPS) is 13.3. The van der Waals surface area contributed by atoms with Crippen molar-refractivity contribution in [1.82, 2.24) is 9.88 Å². The quantitative estimate of drug-likeness (QED) is 0.720. The lowest BCUT2D eigenvalue weighted by Crippen LogP contribution is -2.32. The molecule has 4 rings (SSSR count). The van der Waals surface area contributed by atoms with E-state index in [4.69, 9.17) is 0 Å². The highest BCUT2D eigenvalue weighted by atomic mass is 32.1. The van der Waals surface area contributed by atoms with Gasteiger partial charge in [0.05, 0.1) is 21.3 Å². The molecule has 1 aliphatic heterocycles. The number of anilines is 1. The van der Waals surface area contributed by atoms with Crippen LogP contribution in [-0.4, -0.2) is 34.2 Å². The van der Waals surface area contributed by atoms with Gasteiger partial charge in [0.15, 0.2) is 5.13 Å². The summed E-state index contributed by atoms with van der Waals surface area (Å²) in [5.41, 5.74) is 2.54. The maximum Gasteiger partial charge on any atom is 0.261 e. The Morgan fingerprint density at radius 2 is 1.88 bits per heavy atom. The third-order valence-electron chi connectivity index (χ3n) is 4.23. The smallest absolute Gasteiger partial charge is 0.261 e. The molecule has 1 aromatic heterocycles. The fourth-order valence-electron chi connectivity index (χ4n) is 2.93. The molecule has 0 saturated carbocycles. The van der Waals surface area contributed by atoms with Gasteiger partial charge in [-0.3, -0.25) is 19.3 Å². The molecular formula is C19H15N3O3S. The van der Waals surface area contributed by atoms with Crippen LogP contribution in [0.4, 0.5) is 5.13 Å². The number of benzene rings is 2. The molecule has 0 fully saturated rings. The van der Waals surface area contributed by atoms with Crippen LogP contribution < -0.4 is 5.32 Å². The van der Waals surface area contributed by atoms with Gasteiger partial charge in [-0.1, -0.05) is 35.1 Å². The minimum Gasteiger partial charge on any atom is -0.302 e. The van der Waals surface area contributed by atoms with Gasteiger partial charge < -0.3 is 5.32 Å². The molecule has 1 aliphatic rings. The number of aryl methyl sites for hydroxylation is 1. The number of amides is 3. The predicted octanol–water partition coefficient (Wildman–Crippen LogP) is 3.23. The van der Waals surface area contributed by atoms with E-state index in [0.717, 1.165) is 20.7 Å². The van der Waals surface area contributed by atoms with Crippen LogP contribution in [0.1, 0.15) is 32.7 Å². The van der Waals surface area contributed by atoms with Crippen molar-refractivity contribution in [2.45, 2.75) is 13.3 Å². The topological polar surface area (TPSA) is 79.4 Å². The highest BCUT2D eigenvalue weighted by molar-refractivity contribution is 7.22. The monoisotopic (exact) mass is 365 g/mol. The average molecular weight is 365 g/mol. The Labute approximate surface area is 153 Å². The zero-order chi connectivity index (χ0) is 18.3. The fraction of sp³-hybridized carbons (Fsp3) is 0.158. The van der Waals surface area contributed by atoms with Gasteiger partial charge in [-0.25, -0.2) is 4.98 Å². The van der Waals surface area contributed by atoms with Crippen LogP contribution in [0.2, 0.25) is 0 Å². The maximum atomic E-state index is 12.4. The van der Waals surface area contributed by atoms with E-state index < -0.39 is 0 Å². The number of hydrogen-bond donors (Lipinski definition) is 1. The number of rotatable bonds is 4. The van der Waals surface area contributed by atoms with Crippen molar-refractivity contribution in [1.29, 1.82) is 0 Å². The summed E-state index contributed by atoms with van der Waals surface area (Å²) in [6, 6.07) is 12.8. The van der Waals surface area contributed by atoms with Crippen LogP contribution >= 0.6 is 11.3 Å². The molecule has 2 aromatic carbocycles. The van der Waals surface area contributed by atoms with Crippen molar-refractivity contribution in [2.24, 2.45) is 0 Å². The molecule has 1 N–H and O–H groups in total. The Balaban J connectivity index is 1.42. The Hall–Kier alpha value is -3.06. The summed E-state index contributed by atoms with van der Waals surface area (Å²) in [6.07, 6.45) is 0.0282. The summed E-state index contributed by atoms with van der Waals surface area (Å²) < 4.78 is 0.985. The number of para-hydroxylation sites is 1. The lowest BCUT2D eigenvalue weighted by Gasteiger charge is -2.12. The second-order valence-electron chi connectivity index (χ2n) is 6.10. The van der Waals surface area contributed by atoms with E-state index in [-0.39, 0.29) is 30.7 Å². The van der Waals surface area contributed by atoms with Crippen LogP contribution in [-0.2, 0) is 4.79 Å². The van der Waals surface area contributed by atoms with Crippen molar-refractivity contribution in [2.75, 3.05) is 11.9 Å². The van der Waals surface area contributed by atoms with Crippen LogP contribution in [0.3, 0.4) is 0 Å². The van der Waals surface area contributed by atoms with E-state index in [1.165, 1.54) is 11.3 Å². The van der Waals surface area contributed by atoms with Gasteiger partial charge in [-0.2, -0.15) is 0 Å². The van der Waals surface area contributed by atoms with E-state index in [0.29, 0.717) is 16.3 Å². The van der Waals surface area contributed by atoms with Gasteiger partial charge in [0.25, 0.3) is 11.8 Å². The Morgan fingerprint density at radius 1 is 1.12 bits per heavy atom. The van der Waals surface area contributed by atoms with Gasteiger partial charge >= 0.3 is 0 Å². The third kappa shape index (κ3) is 2.86. The standard InChI is InChI=1S/C19H15N3O3S/c1-11-6-7-12-13(10-11)18(25)22(17(12)24)9-8-16(23)21-19-20-14-4-2-3-5-15(14)26-19/h2-7,10H,8-9H2,1H3,(H,20,21,23). The molecule has 130 valence electrons. The summed E-state index contributed by atoms with van der Waals surface area (Å²) in [7, 11) is 0. The number of nitrogens with one attached hydrogen (secondary N) is 1. The molecule has 0 unspecified atom stereocenters. The molecule has 0 radical (unpaired) electrons. The van der Waals surface area contributed by atoms with Gasteiger partial charge in [-0.15, -0.1) is 0 Å². The Kier molecular flexibility index (Phi) is 4.00. The molecule has 0 bridgehead atoms. The predicted molar refractivity (Wildman–Crippen MR) is 99.4 cm³/mol. The molecule has 3 aromatic rings. The van der Waals surface area contributed by atoms with Crippen LogP contribution in [0, 0.1) is 6.92 Å². The highest BCUT2D eigenvalue weighted by Gasteiger charge is 2.35. The van der Waals surface area contributed by atoms with Crippen LogP contribution in [0.5, 0.6) is 0 Å². The number of carbonyl (C=O) groups excluding carboxylic acids is 3. The first-order valence-electron chi connectivity index (χ1n) is 8.15. The lowest BCUT2D eigenvalue weighted by molar-refractivity contribution is -0.116. The first-order valence-corrected chi connectivity index (χ1v) is 8.97. The summed E-state index contributed by atoms with van der Waals surface area (Å²) in [5.74, 6) is -0.976. The van der Waals surface area contributed by atoms with E-state index in [2.05, 4.69) is 10.3 Å². The lowest BCUT2D eigenvalue weighted by atomic mass is 10.1. The number of nitrogens with zero attached hydrogens (tertiary/aromatic N) is 2. The van der Waals surface area contributed by atoms with E-state index in [1.54, 1.807) is 18.2 Å². The number of hydrogen-bond acceptors (Lipinski definition) is 5. The summed E-state index contributed by atoms with van der Waals surface area (Å²) in [5, 5.41) is 3.24. The molecule has 3 amide bonds. The maximum absolute atomic E-state index is 12.4. The molecule has 7 heteroatoms. The molecular weight excluding hydrogens is 350 g/mol. The molecule has 0 atom stereocenters. The Morgan fingerprint density at radius 3 is 2.69 bits per heavy atom. The molecule has 0 spiro atoms. The van der Waals surface area contributed by atoms with Crippen LogP contribution in [0.15, 0.2) is 42.5 Å². The second-order valence-corrected chi connectivity index (χ2v) is 7.13. The molecule has 0 saturated heterocycles. The van der Waals surface area contributed by atoms with E-state index >= 15 is 0 Å². The third-order valence-corrected chi connectivity index (χ3v) is 5.18. The van der Waals surface area contributed by atoms with Crippen molar-refractivity contribution >= 4 is 44.4 Å². The van der Waals surface area contributed by atoms with Crippen molar-refractivity contribution in [3.63, 3.8) is 0 Å². The molecule has 0 aliphatic carbocycles. The zero-order valence-electron chi connectivity index (χ0n) is 14.0. The highest BCUT2D eigenvalue weighted by Crippen LogP contribution is 2.26. The molecule has 2 heterocycles. The van der Waals surface area contributed by atoms with Gasteiger partial charge in [0.2, 0.25) is 5.91 Å². The first kappa shape index (κ1) is 16.4. The van der Waals surface area contributed by atoms with E-state index in [9.17, 15) is 14.4 Å². The van der Waals surface area contributed by atoms with E-state index in [1.807, 2.05) is 31.2 Å². The van der Waals surface area contributed by atoms with Crippen molar-refractivity contribution < 1.29 is 14.4 Å². The SMILES string of the molecule is Cc1ccc2c(c1)C(=O)N(CCC(=O)Nc1nc3ccccc3s1)C2=O. The number of imide groups is 1. The number of aromatic nitrogens is 1. The minimum atomic E-state index is -0.349. The summed E-state index contributed by atoms with van der Waals surface area (Å²) >= 11 is 1.39. The van der Waals surface area contributed by atoms with Crippen LogP contribution in [0.25, 0.3) is 10.2 Å². The summed E-state index contributed by atoms with van der Waals surface area (Å²) in [4.78, 5) is 42.4.